The molecule has 0 aliphatic carbocycles. The number of rotatable bonds is 10. The minimum absolute atomic E-state index is 0.0149. The van der Waals surface area contributed by atoms with Crippen LogP contribution in [-0.4, -0.2) is 138 Å². The topological polar surface area (TPSA) is 290 Å². The molecule has 0 radical (unpaired) electrons. The Morgan fingerprint density at radius 1 is 0.681 bits per heavy atom. The third-order valence-electron chi connectivity index (χ3n) is 8.40. The van der Waals surface area contributed by atoms with Crippen LogP contribution in [0.25, 0.3) is 22.3 Å². The SMILES string of the molecule is O=c1c(O[C@@H]2OC(CO)[C@@H](COC[C@H]3OC(CO)[C@@H](CO)[C@@H](O)C3O)[C@@H](O)C2O)c(-c2ccc(O)c(O)c2)oc2cc(O)cc(O)c12. The fourth-order valence-electron chi connectivity index (χ4n) is 5.78. The number of aliphatic hydroxyl groups excluding tert-OH is 7. The smallest absolute Gasteiger partial charge is 0.239 e. The highest BCUT2D eigenvalue weighted by Crippen LogP contribution is 2.40. The van der Waals surface area contributed by atoms with Crippen LogP contribution in [0.2, 0.25) is 0 Å². The summed E-state index contributed by atoms with van der Waals surface area (Å²) in [4.78, 5) is 13.6. The fourth-order valence-corrected chi connectivity index (χ4v) is 5.78. The Kier molecular flexibility index (Phi) is 10.4. The predicted octanol–water partition coefficient (Wildman–Crippen LogP) is -2.18. The molecule has 2 saturated heterocycles. The highest BCUT2D eigenvalue weighted by atomic mass is 16.7. The summed E-state index contributed by atoms with van der Waals surface area (Å²) in [6.07, 6.45) is -11.7. The standard InChI is InChI=1S/C30H36O17/c31-6-13-19(7-32)44-21(25(40)23(13)38)10-43-9-14-20(8-33)46-30(27(42)24(14)39)47-29-26(41)22-17(37)4-12(34)5-18(22)45-28(29)11-1-2-15(35)16(36)3-11/h1-5,13-14,19-21,23-25,27,30-40,42H,6-10H2/t13-,14-,19?,20?,21-,23-,24-,25?,27?,30+/m1/s1. The van der Waals surface area contributed by atoms with Gasteiger partial charge in [-0.1, -0.05) is 0 Å². The van der Waals surface area contributed by atoms with E-state index in [2.05, 4.69) is 0 Å². The van der Waals surface area contributed by atoms with E-state index in [1.807, 2.05) is 0 Å². The van der Waals surface area contributed by atoms with Gasteiger partial charge < -0.3 is 79.5 Å². The molecule has 17 nitrogen and oxygen atoms in total. The molecule has 3 heterocycles. The molecule has 2 aromatic carbocycles. The molecule has 17 heteroatoms. The van der Waals surface area contributed by atoms with Crippen molar-refractivity contribution >= 4 is 11.0 Å². The van der Waals surface area contributed by atoms with Crippen molar-refractivity contribution < 1.29 is 79.5 Å². The molecule has 5 rings (SSSR count). The largest absolute Gasteiger partial charge is 0.508 e. The van der Waals surface area contributed by atoms with E-state index in [4.69, 9.17) is 23.4 Å². The summed E-state index contributed by atoms with van der Waals surface area (Å²) in [5.74, 6) is -5.28. The molecule has 10 atom stereocenters. The van der Waals surface area contributed by atoms with E-state index in [0.717, 1.165) is 24.3 Å². The Morgan fingerprint density at radius 3 is 2.02 bits per heavy atom. The molecular formula is C30H36O17. The van der Waals surface area contributed by atoms with Crippen molar-refractivity contribution in [2.24, 2.45) is 11.8 Å². The van der Waals surface area contributed by atoms with Gasteiger partial charge in [-0.3, -0.25) is 4.79 Å². The van der Waals surface area contributed by atoms with E-state index in [0.29, 0.717) is 0 Å². The molecule has 47 heavy (non-hydrogen) atoms. The van der Waals surface area contributed by atoms with Crippen molar-refractivity contribution in [3.63, 3.8) is 0 Å². The summed E-state index contributed by atoms with van der Waals surface area (Å²) in [6.45, 7) is -2.56. The average Bonchev–Trinajstić information content (AvgIpc) is 3.04. The molecule has 1 aromatic heterocycles. The summed E-state index contributed by atoms with van der Waals surface area (Å²) >= 11 is 0. The molecule has 2 aliphatic rings. The van der Waals surface area contributed by atoms with Crippen LogP contribution in [0.3, 0.4) is 0 Å². The Balaban J connectivity index is 1.38. The molecule has 11 N–H and O–H groups in total. The summed E-state index contributed by atoms with van der Waals surface area (Å²) < 4.78 is 28.4. The van der Waals surface area contributed by atoms with Crippen molar-refractivity contribution in [2.75, 3.05) is 33.0 Å². The van der Waals surface area contributed by atoms with Crippen molar-refractivity contribution in [3.8, 4) is 40.1 Å². The van der Waals surface area contributed by atoms with Crippen molar-refractivity contribution in [1.29, 1.82) is 0 Å². The lowest BCUT2D eigenvalue weighted by Gasteiger charge is -2.43. The predicted molar refractivity (Wildman–Crippen MR) is 156 cm³/mol. The zero-order valence-electron chi connectivity index (χ0n) is 24.6. The molecule has 3 aromatic rings. The van der Waals surface area contributed by atoms with Gasteiger partial charge in [0.25, 0.3) is 0 Å². The van der Waals surface area contributed by atoms with Crippen LogP contribution in [0.15, 0.2) is 39.5 Å². The molecule has 258 valence electrons. The van der Waals surface area contributed by atoms with Gasteiger partial charge in [-0.15, -0.1) is 0 Å². The first-order valence-electron chi connectivity index (χ1n) is 14.5. The number of hydrogen-bond acceptors (Lipinski definition) is 17. The summed E-state index contributed by atoms with van der Waals surface area (Å²) in [7, 11) is 0. The van der Waals surface area contributed by atoms with Gasteiger partial charge >= 0.3 is 0 Å². The second kappa shape index (κ2) is 14.2. The van der Waals surface area contributed by atoms with Gasteiger partial charge in [0.15, 0.2) is 17.3 Å². The van der Waals surface area contributed by atoms with E-state index in [1.165, 1.54) is 6.07 Å². The molecule has 0 bridgehead atoms. The van der Waals surface area contributed by atoms with Gasteiger partial charge in [-0.25, -0.2) is 0 Å². The first-order valence-corrected chi connectivity index (χ1v) is 14.5. The molecule has 0 amide bonds. The van der Waals surface area contributed by atoms with Crippen molar-refractivity contribution in [2.45, 2.75) is 49.0 Å². The van der Waals surface area contributed by atoms with E-state index in [-0.39, 0.29) is 30.1 Å². The normalized spacial score (nSPS) is 31.2. The van der Waals surface area contributed by atoms with Gasteiger partial charge in [0.1, 0.15) is 40.8 Å². The maximum atomic E-state index is 13.6. The number of aromatic hydroxyl groups is 4. The monoisotopic (exact) mass is 668 g/mol. The van der Waals surface area contributed by atoms with E-state index in [9.17, 15) is 61.0 Å². The van der Waals surface area contributed by atoms with Crippen LogP contribution >= 0.6 is 0 Å². The molecule has 0 saturated carbocycles. The quantitative estimate of drug-likeness (QED) is 0.102. The van der Waals surface area contributed by atoms with Gasteiger partial charge in [0.05, 0.1) is 57.5 Å². The number of aliphatic hydroxyl groups is 7. The van der Waals surface area contributed by atoms with Gasteiger partial charge in [0.2, 0.25) is 17.5 Å². The minimum atomic E-state index is -1.88. The molecule has 0 spiro atoms. The lowest BCUT2D eigenvalue weighted by atomic mass is 9.87. The van der Waals surface area contributed by atoms with E-state index >= 15 is 0 Å². The highest BCUT2D eigenvalue weighted by molar-refractivity contribution is 5.88. The van der Waals surface area contributed by atoms with Gasteiger partial charge in [0, 0.05) is 29.5 Å². The van der Waals surface area contributed by atoms with Gasteiger partial charge in [-0.2, -0.15) is 0 Å². The molecule has 2 aliphatic heterocycles. The molecular weight excluding hydrogens is 632 g/mol. The van der Waals surface area contributed by atoms with Crippen molar-refractivity contribution in [1.82, 2.24) is 0 Å². The van der Waals surface area contributed by atoms with E-state index < -0.39 is 120 Å². The lowest BCUT2D eigenvalue weighted by molar-refractivity contribution is -0.273. The molecule has 2 fully saturated rings. The molecule has 4 unspecified atom stereocenters. The number of fused-ring (bicyclic) bond motifs is 1. The third-order valence-corrected chi connectivity index (χ3v) is 8.40. The summed E-state index contributed by atoms with van der Waals surface area (Å²) in [5.41, 5.74) is -1.30. The summed E-state index contributed by atoms with van der Waals surface area (Å²) in [6, 6.07) is 5.30. The maximum Gasteiger partial charge on any atom is 0.239 e. The fraction of sp³-hybridized carbons (Fsp3) is 0.500. The Morgan fingerprint density at radius 2 is 1.36 bits per heavy atom. The second-order valence-electron chi connectivity index (χ2n) is 11.4. The zero-order valence-corrected chi connectivity index (χ0v) is 24.6. The van der Waals surface area contributed by atoms with Crippen molar-refractivity contribution in [3.05, 3.63) is 40.6 Å². The van der Waals surface area contributed by atoms with Crippen LogP contribution in [0, 0.1) is 11.8 Å². The van der Waals surface area contributed by atoms with E-state index in [1.54, 1.807) is 0 Å². The average molecular weight is 669 g/mol. The first-order chi connectivity index (χ1) is 22.4. The summed E-state index contributed by atoms with van der Waals surface area (Å²) in [5, 5.41) is 112. The number of hydrogen-bond donors (Lipinski definition) is 11. The number of benzene rings is 2. The second-order valence-corrected chi connectivity index (χ2v) is 11.4. The van der Waals surface area contributed by atoms with Crippen LogP contribution in [0.1, 0.15) is 0 Å². The zero-order chi connectivity index (χ0) is 34.2. The minimum Gasteiger partial charge on any atom is -0.508 e. The van der Waals surface area contributed by atoms with Crippen LogP contribution < -0.4 is 10.2 Å². The number of phenolic OH excluding ortho intramolecular Hbond substituents is 4. The number of ether oxygens (including phenoxy) is 4. The van der Waals surface area contributed by atoms with Crippen LogP contribution in [0.5, 0.6) is 28.7 Å². The first kappa shape index (κ1) is 34.6. The Labute approximate surface area is 265 Å². The van der Waals surface area contributed by atoms with Gasteiger partial charge in [-0.05, 0) is 18.2 Å². The highest BCUT2D eigenvalue weighted by Gasteiger charge is 2.47. The van der Waals surface area contributed by atoms with Crippen LogP contribution in [0.4, 0.5) is 0 Å². The lowest BCUT2D eigenvalue weighted by Crippen LogP contribution is -2.59. The third kappa shape index (κ3) is 6.68. The van der Waals surface area contributed by atoms with Crippen LogP contribution in [-0.2, 0) is 14.2 Å². The maximum absolute atomic E-state index is 13.6. The number of phenols is 4. The Hall–Kier alpha value is -3.75. The Bertz CT molecular complexity index is 1610.